The van der Waals surface area contributed by atoms with E-state index in [1.807, 2.05) is 6.20 Å². The fraction of sp³-hybridized carbons (Fsp3) is 0.471. The number of halogens is 2. The highest BCUT2D eigenvalue weighted by atomic mass is 127. The fourth-order valence-corrected chi connectivity index (χ4v) is 2.91. The van der Waals surface area contributed by atoms with E-state index in [0.29, 0.717) is 19.0 Å². The van der Waals surface area contributed by atoms with Gasteiger partial charge in [-0.1, -0.05) is 0 Å². The normalized spacial score (nSPS) is 16.4. The van der Waals surface area contributed by atoms with Crippen molar-refractivity contribution < 1.29 is 9.50 Å². The van der Waals surface area contributed by atoms with Crippen molar-refractivity contribution in [1.29, 1.82) is 0 Å². The monoisotopic (exact) mass is 446 g/mol. The highest BCUT2D eigenvalue weighted by Crippen LogP contribution is 2.30. The zero-order valence-electron chi connectivity index (χ0n) is 13.7. The van der Waals surface area contributed by atoms with Gasteiger partial charge in [-0.3, -0.25) is 4.99 Å². The molecule has 24 heavy (non-hydrogen) atoms. The topological polar surface area (TPSA) is 72.4 Å². The smallest absolute Gasteiger partial charge is 0.191 e. The van der Waals surface area contributed by atoms with Crippen LogP contribution in [-0.2, 0) is 6.42 Å². The lowest BCUT2D eigenvalue weighted by Gasteiger charge is -2.36. The summed E-state index contributed by atoms with van der Waals surface area (Å²) in [5.74, 6) is 0.457. The Bertz CT molecular complexity index is 712. The maximum Gasteiger partial charge on any atom is 0.191 e. The van der Waals surface area contributed by atoms with E-state index in [9.17, 15) is 9.50 Å². The number of aliphatic imine (C=N–C) groups is 1. The molecule has 1 aromatic carbocycles. The number of nitrogens with zero attached hydrogens (tertiary/aromatic N) is 1. The van der Waals surface area contributed by atoms with Crippen molar-refractivity contribution in [1.82, 2.24) is 15.6 Å². The summed E-state index contributed by atoms with van der Waals surface area (Å²) in [5, 5.41) is 17.5. The lowest BCUT2D eigenvalue weighted by Crippen LogP contribution is -2.50. The second-order valence-electron chi connectivity index (χ2n) is 6.18. The number of aromatic nitrogens is 1. The van der Waals surface area contributed by atoms with Crippen LogP contribution in [0.15, 0.2) is 29.4 Å². The third kappa shape index (κ3) is 4.38. The summed E-state index contributed by atoms with van der Waals surface area (Å²) >= 11 is 0. The molecule has 7 heteroatoms. The standard InChI is InChI=1S/C17H23FN4O.HI/c1-19-16(22-11-17(23)6-2-7-17)20-8-5-12-10-21-15-9-13(18)3-4-14(12)15;/h3-4,9-10,21,23H,2,5-8,11H2,1H3,(H2,19,20,22);1H. The molecule has 2 aromatic rings. The van der Waals surface area contributed by atoms with Crippen LogP contribution in [0.5, 0.6) is 0 Å². The SMILES string of the molecule is CN=C(NCCc1c[nH]c2cc(F)ccc12)NCC1(O)CCC1.I. The first-order valence-corrected chi connectivity index (χ1v) is 8.02. The van der Waals surface area contributed by atoms with Crippen molar-refractivity contribution in [3.63, 3.8) is 0 Å². The van der Waals surface area contributed by atoms with Crippen LogP contribution in [0.1, 0.15) is 24.8 Å². The van der Waals surface area contributed by atoms with Gasteiger partial charge in [-0.2, -0.15) is 0 Å². The first-order chi connectivity index (χ1) is 11.1. The van der Waals surface area contributed by atoms with Gasteiger partial charge in [0, 0.05) is 37.2 Å². The van der Waals surface area contributed by atoms with Gasteiger partial charge in [0.2, 0.25) is 0 Å². The van der Waals surface area contributed by atoms with Crippen LogP contribution in [0, 0.1) is 5.82 Å². The molecule has 1 aliphatic rings. The third-order valence-electron chi connectivity index (χ3n) is 4.51. The minimum Gasteiger partial charge on any atom is -0.388 e. The highest BCUT2D eigenvalue weighted by molar-refractivity contribution is 14.0. The zero-order valence-corrected chi connectivity index (χ0v) is 16.1. The van der Waals surface area contributed by atoms with E-state index < -0.39 is 5.60 Å². The summed E-state index contributed by atoms with van der Waals surface area (Å²) in [6.07, 6.45) is 5.51. The molecule has 132 valence electrons. The van der Waals surface area contributed by atoms with Crippen molar-refractivity contribution in [2.24, 2.45) is 4.99 Å². The maximum atomic E-state index is 13.2. The summed E-state index contributed by atoms with van der Waals surface area (Å²) in [6, 6.07) is 4.79. The van der Waals surface area contributed by atoms with E-state index in [2.05, 4.69) is 20.6 Å². The minimum atomic E-state index is -0.571. The van der Waals surface area contributed by atoms with E-state index in [0.717, 1.165) is 42.1 Å². The number of hydrogen-bond acceptors (Lipinski definition) is 2. The molecule has 1 fully saturated rings. The van der Waals surface area contributed by atoms with E-state index in [4.69, 9.17) is 0 Å². The van der Waals surface area contributed by atoms with Gasteiger partial charge in [0.15, 0.2) is 5.96 Å². The molecule has 0 atom stereocenters. The van der Waals surface area contributed by atoms with Crippen LogP contribution in [-0.4, -0.2) is 41.8 Å². The van der Waals surface area contributed by atoms with Gasteiger partial charge < -0.3 is 20.7 Å². The van der Waals surface area contributed by atoms with E-state index in [-0.39, 0.29) is 29.8 Å². The summed E-state index contributed by atoms with van der Waals surface area (Å²) in [5.41, 5.74) is 1.38. The minimum absolute atomic E-state index is 0. The second-order valence-corrected chi connectivity index (χ2v) is 6.18. The Hall–Kier alpha value is -1.35. The van der Waals surface area contributed by atoms with Gasteiger partial charge in [-0.15, -0.1) is 24.0 Å². The molecule has 0 radical (unpaired) electrons. The van der Waals surface area contributed by atoms with Crippen LogP contribution < -0.4 is 10.6 Å². The number of H-pyrrole nitrogens is 1. The van der Waals surface area contributed by atoms with Gasteiger partial charge in [-0.25, -0.2) is 4.39 Å². The third-order valence-corrected chi connectivity index (χ3v) is 4.51. The highest BCUT2D eigenvalue weighted by Gasteiger charge is 2.34. The first kappa shape index (κ1) is 19.0. The van der Waals surface area contributed by atoms with Crippen molar-refractivity contribution in [2.45, 2.75) is 31.3 Å². The summed E-state index contributed by atoms with van der Waals surface area (Å²) in [4.78, 5) is 7.26. The lowest BCUT2D eigenvalue weighted by atomic mass is 9.80. The van der Waals surface area contributed by atoms with Crippen molar-refractivity contribution >= 4 is 40.8 Å². The first-order valence-electron chi connectivity index (χ1n) is 8.02. The Kier molecular flexibility index (Phi) is 6.45. The molecule has 1 heterocycles. The van der Waals surface area contributed by atoms with Crippen LogP contribution in [0.4, 0.5) is 4.39 Å². The molecule has 0 amide bonds. The van der Waals surface area contributed by atoms with Crippen molar-refractivity contribution in [3.05, 3.63) is 35.8 Å². The molecule has 1 saturated carbocycles. The molecule has 0 unspecified atom stereocenters. The predicted molar refractivity (Wildman–Crippen MR) is 106 cm³/mol. The van der Waals surface area contributed by atoms with E-state index in [1.165, 1.54) is 12.1 Å². The van der Waals surface area contributed by atoms with Gasteiger partial charge in [-0.05, 0) is 49.4 Å². The predicted octanol–water partition coefficient (Wildman–Crippen LogP) is 2.55. The summed E-state index contributed by atoms with van der Waals surface area (Å²) < 4.78 is 13.2. The lowest BCUT2D eigenvalue weighted by molar-refractivity contribution is -0.0279. The number of fused-ring (bicyclic) bond motifs is 1. The maximum absolute atomic E-state index is 13.2. The molecule has 3 rings (SSSR count). The number of aliphatic hydroxyl groups is 1. The average Bonchev–Trinajstić information content (AvgIpc) is 2.91. The molecular weight excluding hydrogens is 422 g/mol. The van der Waals surface area contributed by atoms with Crippen LogP contribution in [0.2, 0.25) is 0 Å². The number of hydrogen-bond donors (Lipinski definition) is 4. The van der Waals surface area contributed by atoms with E-state index >= 15 is 0 Å². The average molecular weight is 446 g/mol. The van der Waals surface area contributed by atoms with Gasteiger partial charge in [0.05, 0.1) is 5.60 Å². The Balaban J connectivity index is 0.00000208. The number of nitrogens with one attached hydrogen (secondary N) is 3. The van der Waals surface area contributed by atoms with Crippen molar-refractivity contribution in [3.8, 4) is 0 Å². The number of benzene rings is 1. The quantitative estimate of drug-likeness (QED) is 0.324. The molecule has 5 nitrogen and oxygen atoms in total. The molecule has 0 bridgehead atoms. The molecule has 4 N–H and O–H groups in total. The van der Waals surface area contributed by atoms with E-state index in [1.54, 1.807) is 13.1 Å². The zero-order chi connectivity index (χ0) is 16.3. The Morgan fingerprint density at radius 2 is 2.17 bits per heavy atom. The van der Waals surface area contributed by atoms with Crippen LogP contribution >= 0.6 is 24.0 Å². The largest absolute Gasteiger partial charge is 0.388 e. The Labute approximate surface area is 158 Å². The molecule has 0 aliphatic heterocycles. The summed E-state index contributed by atoms with van der Waals surface area (Å²) in [7, 11) is 1.72. The number of guanidine groups is 1. The summed E-state index contributed by atoms with van der Waals surface area (Å²) in [6.45, 7) is 1.24. The Morgan fingerprint density at radius 1 is 1.38 bits per heavy atom. The molecule has 1 aromatic heterocycles. The van der Waals surface area contributed by atoms with Gasteiger partial charge >= 0.3 is 0 Å². The fourth-order valence-electron chi connectivity index (χ4n) is 2.91. The molecule has 0 saturated heterocycles. The van der Waals surface area contributed by atoms with Crippen molar-refractivity contribution in [2.75, 3.05) is 20.1 Å². The molecular formula is C17H24FIN4O. The number of rotatable bonds is 5. The second kappa shape index (κ2) is 8.15. The molecule has 0 spiro atoms. The Morgan fingerprint density at radius 3 is 2.83 bits per heavy atom. The van der Waals surface area contributed by atoms with Gasteiger partial charge in [0.1, 0.15) is 5.82 Å². The molecule has 1 aliphatic carbocycles. The van der Waals surface area contributed by atoms with Gasteiger partial charge in [0.25, 0.3) is 0 Å². The van der Waals surface area contributed by atoms with Crippen LogP contribution in [0.3, 0.4) is 0 Å². The number of aromatic amines is 1. The van der Waals surface area contributed by atoms with Crippen LogP contribution in [0.25, 0.3) is 10.9 Å².